The molecular weight excluding hydrogens is 348 g/mol. The van der Waals surface area contributed by atoms with Gasteiger partial charge in [-0.15, -0.1) is 10.2 Å². The number of carbonyl (C=O) groups excluding carboxylic acids is 1. The Bertz CT molecular complexity index is 905. The Morgan fingerprint density at radius 1 is 1.11 bits per heavy atom. The van der Waals surface area contributed by atoms with Gasteiger partial charge in [0, 0.05) is 5.56 Å². The van der Waals surface area contributed by atoms with Gasteiger partial charge in [-0.1, -0.05) is 12.1 Å². The summed E-state index contributed by atoms with van der Waals surface area (Å²) in [5.41, 5.74) is 1.09. The summed E-state index contributed by atoms with van der Waals surface area (Å²) in [5.74, 6) is 1.24. The van der Waals surface area contributed by atoms with Gasteiger partial charge in [0.15, 0.2) is 6.10 Å². The third-order valence-corrected chi connectivity index (χ3v) is 3.82. The zero-order chi connectivity index (χ0) is 19.2. The number of ether oxygens (including phenoxy) is 3. The van der Waals surface area contributed by atoms with Crippen LogP contribution in [0.1, 0.15) is 36.2 Å². The highest BCUT2D eigenvalue weighted by molar-refractivity contribution is 5.92. The first-order valence-electron chi connectivity index (χ1n) is 8.53. The standard InChI is InChI=1S/C20H20N2O5/c1-4-25-17-8-6-5-7-16(17)20(23)26-13(2)18-21-22-19(27-18)14-9-11-15(24-3)12-10-14/h5-13H,4H2,1-3H3/t13-/m0/s1. The highest BCUT2D eigenvalue weighted by Gasteiger charge is 2.22. The fraction of sp³-hybridized carbons (Fsp3) is 0.250. The van der Waals surface area contributed by atoms with Crippen molar-refractivity contribution in [3.63, 3.8) is 0 Å². The fourth-order valence-corrected chi connectivity index (χ4v) is 2.44. The average molecular weight is 368 g/mol. The predicted molar refractivity (Wildman–Crippen MR) is 97.7 cm³/mol. The Morgan fingerprint density at radius 2 is 1.85 bits per heavy atom. The minimum absolute atomic E-state index is 0.211. The minimum atomic E-state index is -0.702. The molecule has 3 rings (SSSR count). The lowest BCUT2D eigenvalue weighted by Gasteiger charge is -2.12. The maximum atomic E-state index is 12.5. The van der Waals surface area contributed by atoms with E-state index in [2.05, 4.69) is 10.2 Å². The van der Waals surface area contributed by atoms with Crippen molar-refractivity contribution in [3.8, 4) is 23.0 Å². The smallest absolute Gasteiger partial charge is 0.342 e. The van der Waals surface area contributed by atoms with E-state index in [1.54, 1.807) is 50.4 Å². The number of para-hydroxylation sites is 1. The van der Waals surface area contributed by atoms with Crippen LogP contribution in [-0.4, -0.2) is 29.9 Å². The van der Waals surface area contributed by atoms with Gasteiger partial charge >= 0.3 is 5.97 Å². The molecule has 0 amide bonds. The number of hydrogen-bond acceptors (Lipinski definition) is 7. The predicted octanol–water partition coefficient (Wildman–Crippen LogP) is 4.06. The molecule has 0 spiro atoms. The normalized spacial score (nSPS) is 11.7. The first-order chi connectivity index (χ1) is 13.1. The molecular formula is C20H20N2O5. The van der Waals surface area contributed by atoms with E-state index >= 15 is 0 Å². The highest BCUT2D eigenvalue weighted by Crippen LogP contribution is 2.26. The minimum Gasteiger partial charge on any atom is -0.497 e. The molecule has 0 aliphatic carbocycles. The van der Waals surface area contributed by atoms with Gasteiger partial charge in [0.2, 0.25) is 5.89 Å². The first-order valence-corrected chi connectivity index (χ1v) is 8.53. The monoisotopic (exact) mass is 368 g/mol. The molecule has 0 saturated heterocycles. The first kappa shape index (κ1) is 18.4. The molecule has 27 heavy (non-hydrogen) atoms. The third kappa shape index (κ3) is 4.25. The average Bonchev–Trinajstić information content (AvgIpc) is 3.19. The Kier molecular flexibility index (Phi) is 5.71. The Labute approximate surface area is 156 Å². The van der Waals surface area contributed by atoms with E-state index in [1.165, 1.54) is 0 Å². The molecule has 140 valence electrons. The number of benzene rings is 2. The number of aromatic nitrogens is 2. The summed E-state index contributed by atoms with van der Waals surface area (Å²) >= 11 is 0. The van der Waals surface area contributed by atoms with Crippen molar-refractivity contribution in [3.05, 3.63) is 60.0 Å². The van der Waals surface area contributed by atoms with Gasteiger partial charge in [0.1, 0.15) is 17.1 Å². The van der Waals surface area contributed by atoms with Crippen molar-refractivity contribution in [2.45, 2.75) is 20.0 Å². The summed E-state index contributed by atoms with van der Waals surface area (Å²) in [6.07, 6.45) is -0.702. The van der Waals surface area contributed by atoms with E-state index in [1.807, 2.05) is 19.1 Å². The van der Waals surface area contributed by atoms with Crippen molar-refractivity contribution in [2.24, 2.45) is 0 Å². The van der Waals surface area contributed by atoms with Crippen LogP contribution in [0.4, 0.5) is 0 Å². The van der Waals surface area contributed by atoms with Crippen molar-refractivity contribution >= 4 is 5.97 Å². The lowest BCUT2D eigenvalue weighted by atomic mass is 10.2. The van der Waals surface area contributed by atoms with Crippen molar-refractivity contribution in [1.82, 2.24) is 10.2 Å². The fourth-order valence-electron chi connectivity index (χ4n) is 2.44. The Morgan fingerprint density at radius 3 is 2.56 bits per heavy atom. The quantitative estimate of drug-likeness (QED) is 0.581. The van der Waals surface area contributed by atoms with Gasteiger partial charge in [-0.3, -0.25) is 0 Å². The zero-order valence-electron chi connectivity index (χ0n) is 15.3. The summed E-state index contributed by atoms with van der Waals surface area (Å²) in [6.45, 7) is 3.98. The molecule has 3 aromatic rings. The van der Waals surface area contributed by atoms with Crippen LogP contribution in [-0.2, 0) is 4.74 Å². The van der Waals surface area contributed by atoms with Crippen molar-refractivity contribution in [1.29, 1.82) is 0 Å². The molecule has 0 radical (unpaired) electrons. The number of methoxy groups -OCH3 is 1. The van der Waals surface area contributed by atoms with E-state index in [9.17, 15) is 4.79 Å². The number of esters is 1. The lowest BCUT2D eigenvalue weighted by molar-refractivity contribution is 0.0276. The highest BCUT2D eigenvalue weighted by atomic mass is 16.6. The number of rotatable bonds is 7. The topological polar surface area (TPSA) is 83.7 Å². The summed E-state index contributed by atoms with van der Waals surface area (Å²) in [6, 6.07) is 14.1. The molecule has 0 fully saturated rings. The summed E-state index contributed by atoms with van der Waals surface area (Å²) < 4.78 is 21.7. The second kappa shape index (κ2) is 8.35. The van der Waals surface area contributed by atoms with Crippen LogP contribution in [0.5, 0.6) is 11.5 Å². The van der Waals surface area contributed by atoms with Gasteiger partial charge in [0.05, 0.1) is 13.7 Å². The van der Waals surface area contributed by atoms with Gasteiger partial charge in [-0.2, -0.15) is 0 Å². The van der Waals surface area contributed by atoms with E-state index < -0.39 is 12.1 Å². The molecule has 0 unspecified atom stereocenters. The lowest BCUT2D eigenvalue weighted by Crippen LogP contribution is -2.11. The summed E-state index contributed by atoms with van der Waals surface area (Å²) in [5, 5.41) is 8.00. The van der Waals surface area contributed by atoms with Gasteiger partial charge < -0.3 is 18.6 Å². The molecule has 7 heteroatoms. The number of carbonyl (C=O) groups is 1. The molecule has 1 aromatic heterocycles. The van der Waals surface area contributed by atoms with Gasteiger partial charge in [0.25, 0.3) is 5.89 Å². The van der Waals surface area contributed by atoms with Gasteiger partial charge in [-0.05, 0) is 50.2 Å². The molecule has 0 aliphatic heterocycles. The molecule has 0 aliphatic rings. The van der Waals surface area contributed by atoms with Crippen LogP contribution in [0, 0.1) is 0 Å². The molecule has 0 bridgehead atoms. The van der Waals surface area contributed by atoms with E-state index in [-0.39, 0.29) is 5.89 Å². The van der Waals surface area contributed by atoms with E-state index in [0.29, 0.717) is 23.8 Å². The third-order valence-electron chi connectivity index (χ3n) is 3.82. The largest absolute Gasteiger partial charge is 0.497 e. The maximum Gasteiger partial charge on any atom is 0.342 e. The molecule has 1 atom stereocenters. The molecule has 0 saturated carbocycles. The maximum absolute atomic E-state index is 12.5. The number of nitrogens with zero attached hydrogens (tertiary/aromatic N) is 2. The zero-order valence-corrected chi connectivity index (χ0v) is 15.3. The van der Waals surface area contributed by atoms with Crippen LogP contribution < -0.4 is 9.47 Å². The Balaban J connectivity index is 1.72. The second-order valence-corrected chi connectivity index (χ2v) is 5.65. The van der Waals surface area contributed by atoms with Crippen molar-refractivity contribution in [2.75, 3.05) is 13.7 Å². The van der Waals surface area contributed by atoms with Gasteiger partial charge in [-0.25, -0.2) is 4.79 Å². The summed E-state index contributed by atoms with van der Waals surface area (Å²) in [4.78, 5) is 12.5. The van der Waals surface area contributed by atoms with Crippen LogP contribution in [0.2, 0.25) is 0 Å². The van der Waals surface area contributed by atoms with E-state index in [4.69, 9.17) is 18.6 Å². The van der Waals surface area contributed by atoms with E-state index in [0.717, 1.165) is 11.3 Å². The van der Waals surface area contributed by atoms with Crippen LogP contribution in [0.25, 0.3) is 11.5 Å². The van der Waals surface area contributed by atoms with Crippen molar-refractivity contribution < 1.29 is 23.4 Å². The SMILES string of the molecule is CCOc1ccccc1C(=O)O[C@@H](C)c1nnc(-c2ccc(OC)cc2)o1. The van der Waals surface area contributed by atoms with Crippen LogP contribution in [0.15, 0.2) is 52.9 Å². The Hall–Kier alpha value is -3.35. The summed E-state index contributed by atoms with van der Waals surface area (Å²) in [7, 11) is 1.60. The number of hydrogen-bond donors (Lipinski definition) is 0. The molecule has 0 N–H and O–H groups in total. The molecule has 2 aromatic carbocycles. The molecule has 7 nitrogen and oxygen atoms in total. The second-order valence-electron chi connectivity index (χ2n) is 5.65. The van der Waals surface area contributed by atoms with Crippen LogP contribution in [0.3, 0.4) is 0 Å². The molecule has 1 heterocycles. The van der Waals surface area contributed by atoms with Crippen LogP contribution >= 0.6 is 0 Å².